The molecule has 0 radical (unpaired) electrons. The van der Waals surface area contributed by atoms with Crippen LogP contribution in [0.1, 0.15) is 11.1 Å². The molecule has 0 bridgehead atoms. The Kier molecular flexibility index (Phi) is 4.09. The predicted octanol–water partition coefficient (Wildman–Crippen LogP) is 7.17. The zero-order valence-electron chi connectivity index (χ0n) is 18.1. The summed E-state index contributed by atoms with van der Waals surface area (Å²) in [5.74, 6) is 0. The van der Waals surface area contributed by atoms with Crippen molar-refractivity contribution in [2.24, 2.45) is 7.05 Å². The van der Waals surface area contributed by atoms with Crippen LogP contribution >= 0.6 is 0 Å². The van der Waals surface area contributed by atoms with E-state index in [1.165, 1.54) is 12.3 Å². The summed E-state index contributed by atoms with van der Waals surface area (Å²) in [7, 11) is 1.79. The number of hydrogen-bond donors (Lipinski definition) is 0. The monoisotopic (exact) mass is 441 g/mol. The number of nitrogens with zero attached hydrogens (tertiary/aromatic N) is 2. The first-order valence-corrected chi connectivity index (χ1v) is 10.8. The molecule has 0 amide bonds. The van der Waals surface area contributed by atoms with Crippen molar-refractivity contribution in [3.8, 4) is 22.5 Å². The lowest BCUT2D eigenvalue weighted by Crippen LogP contribution is -2.32. The molecule has 3 heterocycles. The molecule has 33 heavy (non-hydrogen) atoms. The second-order valence-corrected chi connectivity index (χ2v) is 8.52. The third-order valence-electron chi connectivity index (χ3n) is 6.60. The van der Waals surface area contributed by atoms with E-state index in [9.17, 15) is 13.2 Å². The van der Waals surface area contributed by atoms with Crippen molar-refractivity contribution >= 4 is 27.2 Å². The summed E-state index contributed by atoms with van der Waals surface area (Å²) in [6.45, 7) is 1.99. The van der Waals surface area contributed by atoms with Gasteiger partial charge in [0.15, 0.2) is 6.20 Å². The highest BCUT2D eigenvalue weighted by atomic mass is 19.4. The Bertz CT molecular complexity index is 1660. The highest BCUT2D eigenvalue weighted by Gasteiger charge is 2.34. The molecule has 5 heteroatoms. The SMILES string of the molecule is Cc1c(-c2cc(C(F)(F)F)cc[n+]2C)n2c3ccc(-c4ccccc4)cc3c3cccc1c32. The number of alkyl halides is 3. The molecule has 162 valence electrons. The average Bonchev–Trinajstić information content (AvgIpc) is 3.29. The van der Waals surface area contributed by atoms with Gasteiger partial charge in [-0.3, -0.25) is 0 Å². The van der Waals surface area contributed by atoms with Gasteiger partial charge in [-0.25, -0.2) is 0 Å². The number of pyridine rings is 1. The van der Waals surface area contributed by atoms with E-state index in [1.54, 1.807) is 11.6 Å². The fourth-order valence-corrected chi connectivity index (χ4v) is 5.00. The third kappa shape index (κ3) is 2.85. The van der Waals surface area contributed by atoms with Gasteiger partial charge < -0.3 is 4.40 Å². The molecule has 0 N–H and O–H groups in total. The first-order chi connectivity index (χ1) is 15.8. The Hall–Kier alpha value is -3.86. The van der Waals surface area contributed by atoms with Gasteiger partial charge >= 0.3 is 6.18 Å². The van der Waals surface area contributed by atoms with Crippen molar-refractivity contribution in [2.75, 3.05) is 0 Å². The van der Waals surface area contributed by atoms with E-state index in [0.29, 0.717) is 5.69 Å². The van der Waals surface area contributed by atoms with Crippen LogP contribution in [0.4, 0.5) is 13.2 Å². The van der Waals surface area contributed by atoms with Crippen molar-refractivity contribution in [1.29, 1.82) is 0 Å². The molecule has 3 aromatic carbocycles. The summed E-state index contributed by atoms with van der Waals surface area (Å²) in [4.78, 5) is 0. The molecule has 0 aliphatic rings. The largest absolute Gasteiger partial charge is 0.416 e. The van der Waals surface area contributed by atoms with Gasteiger partial charge in [0.1, 0.15) is 12.7 Å². The summed E-state index contributed by atoms with van der Waals surface area (Å²) < 4.78 is 44.5. The van der Waals surface area contributed by atoms with Gasteiger partial charge in [0.25, 0.3) is 0 Å². The van der Waals surface area contributed by atoms with E-state index >= 15 is 0 Å². The maximum absolute atomic E-state index is 13.5. The predicted molar refractivity (Wildman–Crippen MR) is 125 cm³/mol. The molecule has 0 unspecified atom stereocenters. The van der Waals surface area contributed by atoms with Crippen LogP contribution in [-0.4, -0.2) is 4.40 Å². The summed E-state index contributed by atoms with van der Waals surface area (Å²) in [5, 5.41) is 3.24. The zero-order valence-corrected chi connectivity index (χ0v) is 18.1. The highest BCUT2D eigenvalue weighted by molar-refractivity contribution is 6.17. The number of halogens is 3. The van der Waals surface area contributed by atoms with Gasteiger partial charge in [-0.2, -0.15) is 17.7 Å². The number of aromatic nitrogens is 2. The molecular formula is C28H20F3N2+. The average molecular weight is 441 g/mol. The van der Waals surface area contributed by atoms with Gasteiger partial charge in [0.2, 0.25) is 5.69 Å². The summed E-state index contributed by atoms with van der Waals surface area (Å²) in [6.07, 6.45) is -2.92. The molecule has 0 saturated heterocycles. The molecule has 6 aromatic rings. The summed E-state index contributed by atoms with van der Waals surface area (Å²) in [5.41, 5.74) is 5.92. The number of aryl methyl sites for hydroxylation is 2. The summed E-state index contributed by atoms with van der Waals surface area (Å²) in [6, 6.07) is 25.1. The third-order valence-corrected chi connectivity index (χ3v) is 6.60. The zero-order chi connectivity index (χ0) is 22.9. The molecule has 0 atom stereocenters. The van der Waals surface area contributed by atoms with Crippen LogP contribution in [-0.2, 0) is 13.2 Å². The number of hydrogen-bond acceptors (Lipinski definition) is 0. The smallest absolute Gasteiger partial charge is 0.303 e. The minimum atomic E-state index is -4.40. The fourth-order valence-electron chi connectivity index (χ4n) is 5.00. The lowest BCUT2D eigenvalue weighted by Gasteiger charge is -2.09. The van der Waals surface area contributed by atoms with Crippen LogP contribution in [0, 0.1) is 6.92 Å². The Morgan fingerprint density at radius 1 is 0.758 bits per heavy atom. The molecule has 6 rings (SSSR count). The lowest BCUT2D eigenvalue weighted by atomic mass is 10.0. The minimum absolute atomic E-state index is 0.532. The van der Waals surface area contributed by atoms with Crippen molar-refractivity contribution in [2.45, 2.75) is 13.1 Å². The Morgan fingerprint density at radius 3 is 2.27 bits per heavy atom. The van der Waals surface area contributed by atoms with E-state index in [1.807, 2.05) is 37.3 Å². The van der Waals surface area contributed by atoms with Crippen LogP contribution in [0.3, 0.4) is 0 Å². The van der Waals surface area contributed by atoms with E-state index in [2.05, 4.69) is 40.8 Å². The number of rotatable bonds is 2. The first-order valence-electron chi connectivity index (χ1n) is 10.8. The van der Waals surface area contributed by atoms with Crippen molar-refractivity contribution in [3.05, 3.63) is 96.2 Å². The number of para-hydroxylation sites is 1. The molecule has 0 aliphatic heterocycles. The topological polar surface area (TPSA) is 8.29 Å². The van der Waals surface area contributed by atoms with Crippen molar-refractivity contribution in [1.82, 2.24) is 4.40 Å². The molecular weight excluding hydrogens is 421 g/mol. The maximum atomic E-state index is 13.5. The number of fused-ring (bicyclic) bond motifs is 3. The van der Waals surface area contributed by atoms with E-state index in [4.69, 9.17) is 0 Å². The van der Waals surface area contributed by atoms with E-state index < -0.39 is 11.7 Å². The molecule has 3 aromatic heterocycles. The summed E-state index contributed by atoms with van der Waals surface area (Å²) >= 11 is 0. The van der Waals surface area contributed by atoms with Crippen molar-refractivity contribution < 1.29 is 17.7 Å². The molecule has 0 spiro atoms. The van der Waals surface area contributed by atoms with E-state index in [-0.39, 0.29) is 0 Å². The first kappa shape index (κ1) is 19.8. The van der Waals surface area contributed by atoms with Gasteiger partial charge in [-0.1, -0.05) is 54.6 Å². The van der Waals surface area contributed by atoms with Gasteiger partial charge in [-0.15, -0.1) is 0 Å². The Labute approximate surface area is 188 Å². The van der Waals surface area contributed by atoms with Crippen LogP contribution < -0.4 is 4.57 Å². The van der Waals surface area contributed by atoms with Crippen LogP contribution in [0.25, 0.3) is 49.7 Å². The van der Waals surface area contributed by atoms with Gasteiger partial charge in [0.05, 0.1) is 16.6 Å². The lowest BCUT2D eigenvalue weighted by molar-refractivity contribution is -0.660. The van der Waals surface area contributed by atoms with Gasteiger partial charge in [0, 0.05) is 28.3 Å². The van der Waals surface area contributed by atoms with E-state index in [0.717, 1.165) is 55.6 Å². The highest BCUT2D eigenvalue weighted by Crippen LogP contribution is 2.42. The molecule has 0 fully saturated rings. The Morgan fingerprint density at radius 2 is 1.52 bits per heavy atom. The van der Waals surface area contributed by atoms with Crippen molar-refractivity contribution in [3.63, 3.8) is 0 Å². The second-order valence-electron chi connectivity index (χ2n) is 8.52. The molecule has 0 aliphatic carbocycles. The van der Waals surface area contributed by atoms with Gasteiger partial charge in [-0.05, 0) is 35.7 Å². The standard InChI is InChI=1S/C28H20F3N2/c1-17-21-9-6-10-22-23-15-19(18-7-4-3-5-8-18)11-12-24(23)33(27(21)22)26(17)25-16-20(28(29,30)31)13-14-32(25)2/h3-16H,1-2H3/q+1. The maximum Gasteiger partial charge on any atom is 0.416 e. The Balaban J connectivity index is 1.72. The fraction of sp³-hybridized carbons (Fsp3) is 0.107. The minimum Gasteiger partial charge on any atom is -0.303 e. The molecule has 0 saturated carbocycles. The van der Waals surface area contributed by atoms with Crippen LogP contribution in [0.15, 0.2) is 85.1 Å². The van der Waals surface area contributed by atoms with Crippen LogP contribution in [0.5, 0.6) is 0 Å². The normalized spacial score (nSPS) is 12.4. The quantitative estimate of drug-likeness (QED) is 0.252. The second kappa shape index (κ2) is 6.82. The number of benzene rings is 3. The van der Waals surface area contributed by atoms with Crippen LogP contribution in [0.2, 0.25) is 0 Å². The molecule has 2 nitrogen and oxygen atoms in total.